The van der Waals surface area contributed by atoms with E-state index in [4.69, 9.17) is 4.74 Å². The second-order valence-electron chi connectivity index (χ2n) is 7.47. The molecule has 0 bridgehead atoms. The lowest BCUT2D eigenvalue weighted by Crippen LogP contribution is -2.21. The number of rotatable bonds is 13. The van der Waals surface area contributed by atoms with Gasteiger partial charge in [-0.3, -0.25) is 4.57 Å². The summed E-state index contributed by atoms with van der Waals surface area (Å²) in [6.07, 6.45) is 5.64. The lowest BCUT2D eigenvalue weighted by atomic mass is 10.1. The average molecular weight is 451 g/mol. The van der Waals surface area contributed by atoms with Gasteiger partial charge < -0.3 is 14.9 Å². The molecular weight excluding hydrogens is 420 g/mol. The molecule has 3 N–H and O–H groups in total. The Hall–Kier alpha value is -2.50. The summed E-state index contributed by atoms with van der Waals surface area (Å²) in [6, 6.07) is 3.65. The first-order valence-corrected chi connectivity index (χ1v) is 11.4. The SMILES string of the molecule is CCCCCC(O)c1ccc(-n2c(COCCCCc3nn[nH]n3)c(O)n(C)c2=O)s1. The van der Waals surface area contributed by atoms with E-state index in [-0.39, 0.29) is 18.2 Å². The van der Waals surface area contributed by atoms with Gasteiger partial charge in [-0.25, -0.2) is 9.36 Å². The van der Waals surface area contributed by atoms with Crippen molar-refractivity contribution in [1.29, 1.82) is 0 Å². The summed E-state index contributed by atoms with van der Waals surface area (Å²) in [7, 11) is 1.52. The molecule has 0 aliphatic heterocycles. The first-order valence-electron chi connectivity index (χ1n) is 10.6. The Morgan fingerprint density at radius 1 is 1.26 bits per heavy atom. The number of nitrogens with zero attached hydrogens (tertiary/aromatic N) is 5. The Morgan fingerprint density at radius 2 is 2.10 bits per heavy atom. The van der Waals surface area contributed by atoms with Gasteiger partial charge in [-0.05, 0) is 31.4 Å². The number of aliphatic hydroxyl groups is 1. The standard InChI is InChI=1S/C20H30N6O4S/c1-3-4-5-8-15(27)16-10-11-18(31-16)26-14(19(28)25(2)20(26)29)13-30-12-7-6-9-17-21-23-24-22-17/h10-11,15,27-28H,3-9,12-13H2,1-2H3,(H,21,22,23,24). The minimum Gasteiger partial charge on any atom is -0.493 e. The van der Waals surface area contributed by atoms with E-state index in [0.29, 0.717) is 36.0 Å². The van der Waals surface area contributed by atoms with Gasteiger partial charge in [0.25, 0.3) is 0 Å². The molecule has 3 heterocycles. The Bertz CT molecular complexity index is 994. The summed E-state index contributed by atoms with van der Waals surface area (Å²) >= 11 is 1.36. The van der Waals surface area contributed by atoms with Gasteiger partial charge in [0.05, 0.1) is 12.7 Å². The highest BCUT2D eigenvalue weighted by atomic mass is 32.1. The van der Waals surface area contributed by atoms with Crippen LogP contribution in [-0.4, -0.2) is 46.6 Å². The first kappa shape index (κ1) is 23.2. The van der Waals surface area contributed by atoms with E-state index < -0.39 is 6.10 Å². The summed E-state index contributed by atoms with van der Waals surface area (Å²) in [4.78, 5) is 13.5. The number of aliphatic hydroxyl groups excluding tert-OH is 1. The number of imidazole rings is 1. The van der Waals surface area contributed by atoms with E-state index in [1.807, 2.05) is 6.07 Å². The number of aromatic amines is 1. The van der Waals surface area contributed by atoms with E-state index >= 15 is 0 Å². The smallest absolute Gasteiger partial charge is 0.336 e. The van der Waals surface area contributed by atoms with Crippen LogP contribution in [0.5, 0.6) is 5.88 Å². The van der Waals surface area contributed by atoms with E-state index in [1.54, 1.807) is 6.07 Å². The topological polar surface area (TPSA) is 131 Å². The van der Waals surface area contributed by atoms with E-state index in [2.05, 4.69) is 27.5 Å². The van der Waals surface area contributed by atoms with Crippen molar-refractivity contribution >= 4 is 11.3 Å². The van der Waals surface area contributed by atoms with Crippen LogP contribution >= 0.6 is 11.3 Å². The summed E-state index contributed by atoms with van der Waals surface area (Å²) in [5.74, 6) is 0.551. The molecule has 1 atom stereocenters. The first-order chi connectivity index (χ1) is 15.0. The predicted molar refractivity (Wildman–Crippen MR) is 116 cm³/mol. The van der Waals surface area contributed by atoms with Crippen molar-refractivity contribution in [3.63, 3.8) is 0 Å². The van der Waals surface area contributed by atoms with Crippen molar-refractivity contribution in [2.24, 2.45) is 7.05 Å². The third-order valence-electron chi connectivity index (χ3n) is 5.13. The number of aryl methyl sites for hydroxylation is 1. The van der Waals surface area contributed by atoms with Crippen molar-refractivity contribution in [2.45, 2.75) is 64.6 Å². The third-order valence-corrected chi connectivity index (χ3v) is 6.31. The number of aromatic nitrogens is 6. The average Bonchev–Trinajstić information content (AvgIpc) is 3.49. The molecule has 170 valence electrons. The zero-order valence-corrected chi connectivity index (χ0v) is 18.8. The maximum atomic E-state index is 12.7. The number of H-pyrrole nitrogens is 1. The number of nitrogens with one attached hydrogen (secondary N) is 1. The number of aromatic hydroxyl groups is 1. The molecule has 0 saturated carbocycles. The van der Waals surface area contributed by atoms with Crippen LogP contribution in [0.1, 0.15) is 67.9 Å². The Balaban J connectivity index is 1.62. The van der Waals surface area contributed by atoms with Crippen LogP contribution in [0.25, 0.3) is 5.00 Å². The molecule has 3 rings (SSSR count). The normalized spacial score (nSPS) is 12.5. The molecule has 1 unspecified atom stereocenters. The predicted octanol–water partition coefficient (Wildman–Crippen LogP) is 2.61. The minimum atomic E-state index is -0.544. The van der Waals surface area contributed by atoms with Crippen LogP contribution in [0.3, 0.4) is 0 Å². The number of hydrogen-bond acceptors (Lipinski definition) is 8. The summed E-state index contributed by atoms with van der Waals surface area (Å²) in [5, 5.41) is 35.3. The van der Waals surface area contributed by atoms with Crippen molar-refractivity contribution in [3.05, 3.63) is 39.0 Å². The van der Waals surface area contributed by atoms with Crippen LogP contribution in [0.2, 0.25) is 0 Å². The lowest BCUT2D eigenvalue weighted by Gasteiger charge is -2.08. The Labute approximate surface area is 184 Å². The second kappa shape index (κ2) is 11.2. The molecule has 31 heavy (non-hydrogen) atoms. The van der Waals surface area contributed by atoms with Gasteiger partial charge in [0.2, 0.25) is 5.88 Å². The van der Waals surface area contributed by atoms with Crippen molar-refractivity contribution < 1.29 is 14.9 Å². The monoisotopic (exact) mass is 450 g/mol. The van der Waals surface area contributed by atoms with Gasteiger partial charge in [-0.1, -0.05) is 31.4 Å². The Morgan fingerprint density at radius 3 is 2.84 bits per heavy atom. The molecular formula is C20H30N6O4S. The third kappa shape index (κ3) is 5.81. The highest BCUT2D eigenvalue weighted by molar-refractivity contribution is 7.14. The number of thiophene rings is 1. The number of hydrogen-bond donors (Lipinski definition) is 3. The fourth-order valence-corrected chi connectivity index (χ4v) is 4.37. The van der Waals surface area contributed by atoms with Crippen molar-refractivity contribution in [1.82, 2.24) is 29.8 Å². The zero-order valence-electron chi connectivity index (χ0n) is 18.0. The van der Waals surface area contributed by atoms with Crippen molar-refractivity contribution in [2.75, 3.05) is 6.61 Å². The maximum absolute atomic E-state index is 12.7. The van der Waals surface area contributed by atoms with Gasteiger partial charge in [0.1, 0.15) is 10.7 Å². The minimum absolute atomic E-state index is 0.108. The molecule has 10 nitrogen and oxygen atoms in total. The largest absolute Gasteiger partial charge is 0.493 e. The van der Waals surface area contributed by atoms with Crippen molar-refractivity contribution in [3.8, 4) is 10.9 Å². The van der Waals surface area contributed by atoms with Gasteiger partial charge in [0, 0.05) is 25.0 Å². The summed E-state index contributed by atoms with van der Waals surface area (Å²) in [5.41, 5.74) is 0.0571. The molecule has 0 saturated heterocycles. The highest BCUT2D eigenvalue weighted by Gasteiger charge is 2.21. The zero-order chi connectivity index (χ0) is 22.2. The van der Waals surface area contributed by atoms with Crippen LogP contribution in [-0.2, 0) is 24.8 Å². The maximum Gasteiger partial charge on any atom is 0.336 e. The fourth-order valence-electron chi connectivity index (χ4n) is 3.32. The van der Waals surface area contributed by atoms with Gasteiger partial charge in [-0.2, -0.15) is 5.21 Å². The number of ether oxygens (including phenoxy) is 1. The molecule has 3 aromatic rings. The van der Waals surface area contributed by atoms with Crippen LogP contribution in [0.4, 0.5) is 0 Å². The summed E-state index contributed by atoms with van der Waals surface area (Å²) < 4.78 is 8.39. The van der Waals surface area contributed by atoms with Gasteiger partial charge in [-0.15, -0.1) is 21.5 Å². The van der Waals surface area contributed by atoms with E-state index in [0.717, 1.165) is 37.0 Å². The number of unbranched alkanes of at least 4 members (excludes halogenated alkanes) is 3. The van der Waals surface area contributed by atoms with Gasteiger partial charge in [0.15, 0.2) is 5.82 Å². The highest BCUT2D eigenvalue weighted by Crippen LogP contribution is 2.31. The molecule has 3 aromatic heterocycles. The molecule has 11 heteroatoms. The fraction of sp³-hybridized carbons (Fsp3) is 0.600. The molecule has 0 fully saturated rings. The molecule has 0 amide bonds. The molecule has 0 spiro atoms. The van der Waals surface area contributed by atoms with E-state index in [9.17, 15) is 15.0 Å². The van der Waals surface area contributed by atoms with Crippen LogP contribution < -0.4 is 5.69 Å². The van der Waals surface area contributed by atoms with Crippen LogP contribution in [0, 0.1) is 0 Å². The second-order valence-corrected chi connectivity index (χ2v) is 8.57. The molecule has 0 aliphatic carbocycles. The quantitative estimate of drug-likeness (QED) is 0.341. The number of tetrazole rings is 1. The van der Waals surface area contributed by atoms with Crippen LogP contribution in [0.15, 0.2) is 16.9 Å². The molecule has 0 radical (unpaired) electrons. The Kier molecular flexibility index (Phi) is 8.38. The van der Waals surface area contributed by atoms with E-state index in [1.165, 1.54) is 27.5 Å². The van der Waals surface area contributed by atoms with Gasteiger partial charge >= 0.3 is 5.69 Å². The molecule has 0 aromatic carbocycles. The molecule has 0 aliphatic rings. The lowest BCUT2D eigenvalue weighted by molar-refractivity contribution is 0.111. The summed E-state index contributed by atoms with van der Waals surface area (Å²) in [6.45, 7) is 2.71.